The summed E-state index contributed by atoms with van der Waals surface area (Å²) in [7, 11) is 0. The van der Waals surface area contributed by atoms with Gasteiger partial charge in [0, 0.05) is 6.20 Å². The van der Waals surface area contributed by atoms with Gasteiger partial charge in [-0.2, -0.15) is 0 Å². The SMILES string of the molecule is C1=CC2=c3ccccc3=CC3=NC=CC32C=C1. The fourth-order valence-corrected chi connectivity index (χ4v) is 2.87. The monoisotopic (exact) mass is 217 g/mol. The van der Waals surface area contributed by atoms with Gasteiger partial charge >= 0.3 is 0 Å². The Morgan fingerprint density at radius 3 is 2.94 bits per heavy atom. The maximum Gasteiger partial charge on any atom is 0.0762 e. The molecule has 0 saturated heterocycles. The van der Waals surface area contributed by atoms with Crippen LogP contribution < -0.4 is 10.4 Å². The van der Waals surface area contributed by atoms with Gasteiger partial charge in [0.05, 0.1) is 11.1 Å². The van der Waals surface area contributed by atoms with Crippen molar-refractivity contribution in [1.29, 1.82) is 0 Å². The Hall–Kier alpha value is -2.15. The summed E-state index contributed by atoms with van der Waals surface area (Å²) in [5, 5.41) is 2.58. The number of rotatable bonds is 0. The molecule has 1 atom stereocenters. The van der Waals surface area contributed by atoms with Crippen LogP contribution in [0.2, 0.25) is 0 Å². The van der Waals surface area contributed by atoms with Gasteiger partial charge in [-0.1, -0.05) is 48.6 Å². The van der Waals surface area contributed by atoms with E-state index in [1.54, 1.807) is 0 Å². The van der Waals surface area contributed by atoms with Crippen LogP contribution in [0.1, 0.15) is 0 Å². The van der Waals surface area contributed by atoms with Gasteiger partial charge in [0.1, 0.15) is 0 Å². The minimum absolute atomic E-state index is 0.108. The summed E-state index contributed by atoms with van der Waals surface area (Å²) in [6.45, 7) is 0. The van der Waals surface area contributed by atoms with E-state index in [0.29, 0.717) is 0 Å². The van der Waals surface area contributed by atoms with Gasteiger partial charge in [0.15, 0.2) is 0 Å². The first-order valence-corrected chi connectivity index (χ1v) is 5.84. The standard InChI is InChI=1S/C16H11N/c1-2-6-13-12(5-1)11-15-16(9-10-17-15)8-4-3-7-14(13)16/h1-11H. The van der Waals surface area contributed by atoms with E-state index in [1.807, 2.05) is 6.20 Å². The van der Waals surface area contributed by atoms with Crippen molar-refractivity contribution < 1.29 is 0 Å². The zero-order chi connectivity index (χ0) is 11.3. The molecule has 0 N–H and O–H groups in total. The van der Waals surface area contributed by atoms with Gasteiger partial charge in [-0.05, 0) is 28.2 Å². The third-order valence-corrected chi connectivity index (χ3v) is 3.70. The van der Waals surface area contributed by atoms with Crippen LogP contribution in [0.5, 0.6) is 0 Å². The first kappa shape index (κ1) is 8.94. The van der Waals surface area contributed by atoms with Crippen molar-refractivity contribution in [3.8, 4) is 0 Å². The maximum atomic E-state index is 4.51. The predicted molar refractivity (Wildman–Crippen MR) is 70.9 cm³/mol. The van der Waals surface area contributed by atoms with Crippen molar-refractivity contribution in [3.63, 3.8) is 0 Å². The molecule has 1 aromatic carbocycles. The van der Waals surface area contributed by atoms with Gasteiger partial charge in [-0.15, -0.1) is 0 Å². The average Bonchev–Trinajstić information content (AvgIpc) is 2.78. The van der Waals surface area contributed by atoms with E-state index in [4.69, 9.17) is 0 Å². The number of benzene rings is 1. The van der Waals surface area contributed by atoms with E-state index in [9.17, 15) is 0 Å². The summed E-state index contributed by atoms with van der Waals surface area (Å²) in [5.74, 6) is 0. The number of allylic oxidation sites excluding steroid dienone is 5. The summed E-state index contributed by atoms with van der Waals surface area (Å²) in [6, 6.07) is 8.52. The van der Waals surface area contributed by atoms with E-state index >= 15 is 0 Å². The Morgan fingerprint density at radius 2 is 1.94 bits per heavy atom. The molecule has 1 aliphatic heterocycles. The summed E-state index contributed by atoms with van der Waals surface area (Å²) in [6.07, 6.45) is 14.9. The summed E-state index contributed by atoms with van der Waals surface area (Å²) in [5.41, 5.74) is 2.36. The van der Waals surface area contributed by atoms with E-state index in [1.165, 1.54) is 16.0 Å². The molecular weight excluding hydrogens is 206 g/mol. The highest BCUT2D eigenvalue weighted by Gasteiger charge is 2.37. The maximum absolute atomic E-state index is 4.51. The van der Waals surface area contributed by atoms with Gasteiger partial charge < -0.3 is 0 Å². The normalized spacial score (nSPS) is 27.1. The summed E-state index contributed by atoms with van der Waals surface area (Å²) >= 11 is 0. The molecule has 4 rings (SSSR count). The van der Waals surface area contributed by atoms with Gasteiger partial charge in [0.2, 0.25) is 0 Å². The largest absolute Gasteiger partial charge is 0.260 e. The molecule has 2 aliphatic carbocycles. The molecule has 1 aromatic rings. The lowest BCUT2D eigenvalue weighted by molar-refractivity contribution is 0.921. The first-order valence-electron chi connectivity index (χ1n) is 5.84. The molecule has 3 aliphatic rings. The Morgan fingerprint density at radius 1 is 1.00 bits per heavy atom. The first-order chi connectivity index (χ1) is 8.40. The molecule has 17 heavy (non-hydrogen) atoms. The van der Waals surface area contributed by atoms with Crippen molar-refractivity contribution in [2.24, 2.45) is 10.4 Å². The molecule has 1 heterocycles. The average molecular weight is 217 g/mol. The van der Waals surface area contributed by atoms with E-state index in [0.717, 1.165) is 5.71 Å². The predicted octanol–water partition coefficient (Wildman–Crippen LogP) is 1.71. The number of nitrogens with zero attached hydrogens (tertiary/aromatic N) is 1. The van der Waals surface area contributed by atoms with Crippen LogP contribution in [-0.4, -0.2) is 5.71 Å². The zero-order valence-electron chi connectivity index (χ0n) is 9.30. The summed E-state index contributed by atoms with van der Waals surface area (Å²) in [4.78, 5) is 4.51. The van der Waals surface area contributed by atoms with E-state index in [-0.39, 0.29) is 5.41 Å². The second-order valence-electron chi connectivity index (χ2n) is 4.56. The van der Waals surface area contributed by atoms with E-state index in [2.05, 4.69) is 65.7 Å². The molecule has 0 saturated carbocycles. The highest BCUT2D eigenvalue weighted by molar-refractivity contribution is 6.23. The highest BCUT2D eigenvalue weighted by Crippen LogP contribution is 2.40. The number of aliphatic imine (C=N–C) groups is 1. The van der Waals surface area contributed by atoms with Crippen molar-refractivity contribution in [2.45, 2.75) is 0 Å². The molecule has 0 aromatic heterocycles. The molecule has 1 spiro atoms. The fourth-order valence-electron chi connectivity index (χ4n) is 2.87. The molecule has 0 radical (unpaired) electrons. The Balaban J connectivity index is 2.24. The Kier molecular flexibility index (Phi) is 1.55. The zero-order valence-corrected chi connectivity index (χ0v) is 9.30. The van der Waals surface area contributed by atoms with E-state index < -0.39 is 0 Å². The number of hydrogen-bond donors (Lipinski definition) is 0. The smallest absolute Gasteiger partial charge is 0.0762 e. The third kappa shape index (κ3) is 1.01. The molecular formula is C16H11N. The van der Waals surface area contributed by atoms with Gasteiger partial charge in [-0.25, -0.2) is 0 Å². The topological polar surface area (TPSA) is 12.4 Å². The molecule has 0 bridgehead atoms. The van der Waals surface area contributed by atoms with Gasteiger partial charge in [-0.3, -0.25) is 4.99 Å². The second kappa shape index (κ2) is 2.95. The molecule has 0 fully saturated rings. The minimum atomic E-state index is -0.108. The van der Waals surface area contributed by atoms with Crippen LogP contribution in [-0.2, 0) is 0 Å². The van der Waals surface area contributed by atoms with Crippen LogP contribution in [0.4, 0.5) is 0 Å². The molecule has 0 amide bonds. The second-order valence-corrected chi connectivity index (χ2v) is 4.56. The molecule has 1 heteroatoms. The minimum Gasteiger partial charge on any atom is -0.260 e. The van der Waals surface area contributed by atoms with Crippen LogP contribution >= 0.6 is 0 Å². The van der Waals surface area contributed by atoms with Crippen molar-refractivity contribution in [2.75, 3.05) is 0 Å². The quantitative estimate of drug-likeness (QED) is 0.627. The molecule has 1 nitrogen and oxygen atoms in total. The van der Waals surface area contributed by atoms with Crippen LogP contribution in [0.25, 0.3) is 11.6 Å². The lowest BCUT2D eigenvalue weighted by atomic mass is 9.71. The van der Waals surface area contributed by atoms with Crippen LogP contribution in [0.15, 0.2) is 65.8 Å². The molecule has 80 valence electrons. The fraction of sp³-hybridized carbons (Fsp3) is 0.0625. The molecule has 1 unspecified atom stereocenters. The highest BCUT2D eigenvalue weighted by atomic mass is 14.8. The van der Waals surface area contributed by atoms with Crippen LogP contribution in [0.3, 0.4) is 0 Å². The van der Waals surface area contributed by atoms with Gasteiger partial charge in [0.25, 0.3) is 0 Å². The lowest BCUT2D eigenvalue weighted by Gasteiger charge is -2.30. The van der Waals surface area contributed by atoms with Crippen molar-refractivity contribution in [3.05, 3.63) is 71.3 Å². The number of hydrogen-bond acceptors (Lipinski definition) is 1. The number of fused-ring (bicyclic) bond motifs is 1. The third-order valence-electron chi connectivity index (χ3n) is 3.70. The van der Waals surface area contributed by atoms with Crippen molar-refractivity contribution in [1.82, 2.24) is 0 Å². The summed E-state index contributed by atoms with van der Waals surface area (Å²) < 4.78 is 0. The Bertz CT molecular complexity index is 744. The van der Waals surface area contributed by atoms with Crippen LogP contribution in [0, 0.1) is 5.41 Å². The van der Waals surface area contributed by atoms with Crippen molar-refractivity contribution >= 4 is 17.4 Å². The lowest BCUT2D eigenvalue weighted by Crippen LogP contribution is -2.41. The Labute approximate surface area is 99.5 Å².